The van der Waals surface area contributed by atoms with Gasteiger partial charge < -0.3 is 20.3 Å². The zero-order chi connectivity index (χ0) is 22.6. The van der Waals surface area contributed by atoms with Crippen LogP contribution in [0.25, 0.3) is 0 Å². The largest absolute Gasteiger partial charge is 0.444 e. The molecule has 31 heavy (non-hydrogen) atoms. The molecular formula is C25H33N3O3. The lowest BCUT2D eigenvalue weighted by atomic mass is 10.1. The summed E-state index contributed by atoms with van der Waals surface area (Å²) in [5.41, 5.74) is 3.64. The maximum Gasteiger partial charge on any atom is 0.408 e. The van der Waals surface area contributed by atoms with E-state index in [1.165, 1.54) is 5.56 Å². The Morgan fingerprint density at radius 3 is 2.35 bits per heavy atom. The lowest BCUT2D eigenvalue weighted by Crippen LogP contribution is -2.34. The first-order valence-electron chi connectivity index (χ1n) is 10.8. The number of hydrogen-bond acceptors (Lipinski definition) is 4. The molecule has 0 saturated heterocycles. The van der Waals surface area contributed by atoms with Crippen LogP contribution in [-0.2, 0) is 11.2 Å². The molecule has 0 aliphatic heterocycles. The third-order valence-corrected chi connectivity index (χ3v) is 5.29. The summed E-state index contributed by atoms with van der Waals surface area (Å²) in [7, 11) is 3.52. The molecule has 6 heteroatoms. The van der Waals surface area contributed by atoms with E-state index in [1.807, 2.05) is 57.2 Å². The normalized spacial score (nSPS) is 17.7. The zero-order valence-electron chi connectivity index (χ0n) is 19.1. The highest BCUT2D eigenvalue weighted by Crippen LogP contribution is 2.38. The first-order chi connectivity index (χ1) is 14.6. The van der Waals surface area contributed by atoms with Crippen molar-refractivity contribution in [1.82, 2.24) is 15.5 Å². The van der Waals surface area contributed by atoms with Crippen molar-refractivity contribution in [2.45, 2.75) is 51.3 Å². The highest BCUT2D eigenvalue weighted by atomic mass is 16.6. The maximum absolute atomic E-state index is 12.3. The molecule has 6 nitrogen and oxygen atoms in total. The molecule has 0 heterocycles. The lowest BCUT2D eigenvalue weighted by Gasteiger charge is -2.22. The van der Waals surface area contributed by atoms with Crippen molar-refractivity contribution in [2.75, 3.05) is 20.6 Å². The van der Waals surface area contributed by atoms with Gasteiger partial charge in [-0.05, 0) is 69.0 Å². The minimum absolute atomic E-state index is 0.00980. The predicted molar refractivity (Wildman–Crippen MR) is 122 cm³/mol. The second-order valence-electron chi connectivity index (χ2n) is 9.22. The summed E-state index contributed by atoms with van der Waals surface area (Å²) in [6.45, 7) is 6.36. The van der Waals surface area contributed by atoms with Gasteiger partial charge in [0.05, 0.1) is 6.04 Å². The van der Waals surface area contributed by atoms with Crippen LogP contribution < -0.4 is 10.6 Å². The number of benzene rings is 2. The molecule has 3 rings (SSSR count). The Bertz CT molecular complexity index is 934. The Morgan fingerprint density at radius 2 is 1.71 bits per heavy atom. The van der Waals surface area contributed by atoms with Crippen molar-refractivity contribution in [1.29, 1.82) is 0 Å². The second-order valence-corrected chi connectivity index (χ2v) is 9.22. The Balaban J connectivity index is 1.61. The van der Waals surface area contributed by atoms with Gasteiger partial charge in [0, 0.05) is 25.7 Å². The fourth-order valence-electron chi connectivity index (χ4n) is 3.92. The van der Waals surface area contributed by atoms with Crippen molar-refractivity contribution < 1.29 is 14.3 Å². The van der Waals surface area contributed by atoms with Gasteiger partial charge in [0.15, 0.2) is 0 Å². The molecule has 0 unspecified atom stereocenters. The van der Waals surface area contributed by atoms with Gasteiger partial charge >= 0.3 is 6.09 Å². The summed E-state index contributed by atoms with van der Waals surface area (Å²) in [5, 5.41) is 6.64. The Labute approximate surface area is 185 Å². The summed E-state index contributed by atoms with van der Waals surface area (Å²) in [4.78, 5) is 26.1. The number of amides is 2. The molecule has 0 saturated carbocycles. The molecule has 166 valence electrons. The van der Waals surface area contributed by atoms with E-state index in [-0.39, 0.29) is 18.0 Å². The standard InChI is InChI=1S/C25H33N3O3/c1-25(2,3)31-24(30)27-22-16-21(19-11-6-7-12-20(19)22)26-14-13-17-9-8-10-18(15-17)23(29)28(4)5/h6-12,15,21-22,26H,13-14,16H2,1-5H3,(H,27,30)/t21-,22+/m0/s1. The van der Waals surface area contributed by atoms with E-state index >= 15 is 0 Å². The van der Waals surface area contributed by atoms with Gasteiger partial charge in [-0.3, -0.25) is 4.79 Å². The van der Waals surface area contributed by atoms with Crippen molar-refractivity contribution >= 4 is 12.0 Å². The summed E-state index contributed by atoms with van der Waals surface area (Å²) in [5.74, 6) is 0.00980. The molecule has 2 atom stereocenters. The molecule has 1 aliphatic carbocycles. The number of nitrogens with one attached hydrogen (secondary N) is 2. The summed E-state index contributed by atoms with van der Waals surface area (Å²) in [6.07, 6.45) is 1.20. The van der Waals surface area contributed by atoms with Gasteiger partial charge in [-0.1, -0.05) is 36.4 Å². The second kappa shape index (κ2) is 9.52. The van der Waals surface area contributed by atoms with Crippen LogP contribution in [-0.4, -0.2) is 43.1 Å². The molecule has 0 spiro atoms. The van der Waals surface area contributed by atoms with E-state index in [2.05, 4.69) is 22.8 Å². The summed E-state index contributed by atoms with van der Waals surface area (Å²) < 4.78 is 5.43. The number of nitrogens with zero attached hydrogens (tertiary/aromatic N) is 1. The average molecular weight is 424 g/mol. The average Bonchev–Trinajstić information content (AvgIpc) is 3.03. The SMILES string of the molecule is CN(C)C(=O)c1cccc(CCN[C@H]2C[C@@H](NC(=O)OC(C)(C)C)c3ccccc32)c1. The molecule has 0 radical (unpaired) electrons. The minimum atomic E-state index is -0.525. The Hall–Kier alpha value is -2.86. The Morgan fingerprint density at radius 1 is 1.03 bits per heavy atom. The van der Waals surface area contributed by atoms with Crippen LogP contribution in [0.4, 0.5) is 4.79 Å². The fourth-order valence-corrected chi connectivity index (χ4v) is 3.92. The molecule has 0 aromatic heterocycles. The smallest absolute Gasteiger partial charge is 0.408 e. The van der Waals surface area contributed by atoms with Crippen LogP contribution in [0.5, 0.6) is 0 Å². The highest BCUT2D eigenvalue weighted by Gasteiger charge is 2.32. The summed E-state index contributed by atoms with van der Waals surface area (Å²) in [6, 6.07) is 16.1. The van der Waals surface area contributed by atoms with E-state index in [0.29, 0.717) is 5.56 Å². The van der Waals surface area contributed by atoms with Gasteiger partial charge in [0.1, 0.15) is 5.60 Å². The van der Waals surface area contributed by atoms with Crippen molar-refractivity contribution in [2.24, 2.45) is 0 Å². The van der Waals surface area contributed by atoms with Crippen LogP contribution in [0.1, 0.15) is 66.3 Å². The molecule has 2 amide bonds. The van der Waals surface area contributed by atoms with Gasteiger partial charge in [-0.25, -0.2) is 4.79 Å². The first-order valence-corrected chi connectivity index (χ1v) is 10.8. The maximum atomic E-state index is 12.3. The molecule has 2 N–H and O–H groups in total. The number of fused-ring (bicyclic) bond motifs is 1. The zero-order valence-corrected chi connectivity index (χ0v) is 19.1. The summed E-state index contributed by atoms with van der Waals surface area (Å²) >= 11 is 0. The Kier molecular flexibility index (Phi) is 7.01. The van der Waals surface area contributed by atoms with Crippen LogP contribution in [0, 0.1) is 0 Å². The number of ether oxygens (including phenoxy) is 1. The molecule has 1 aliphatic rings. The fraction of sp³-hybridized carbons (Fsp3) is 0.440. The van der Waals surface area contributed by atoms with Crippen LogP contribution in [0.3, 0.4) is 0 Å². The number of carbonyl (C=O) groups excluding carboxylic acids is 2. The molecule has 0 fully saturated rings. The number of rotatable bonds is 6. The first kappa shape index (κ1) is 22.8. The van der Waals surface area contributed by atoms with Crippen molar-refractivity contribution in [3.8, 4) is 0 Å². The van der Waals surface area contributed by atoms with Gasteiger partial charge in [0.2, 0.25) is 0 Å². The molecule has 0 bridgehead atoms. The van der Waals surface area contributed by atoms with E-state index in [4.69, 9.17) is 4.74 Å². The predicted octanol–water partition coefficient (Wildman–Crippen LogP) is 4.23. The number of carbonyl (C=O) groups is 2. The van der Waals surface area contributed by atoms with Crippen LogP contribution in [0.15, 0.2) is 48.5 Å². The van der Waals surface area contributed by atoms with Crippen LogP contribution >= 0.6 is 0 Å². The van der Waals surface area contributed by atoms with Gasteiger partial charge in [-0.2, -0.15) is 0 Å². The molecule has 2 aromatic carbocycles. The quantitative estimate of drug-likeness (QED) is 0.729. The van der Waals surface area contributed by atoms with E-state index in [9.17, 15) is 9.59 Å². The monoisotopic (exact) mass is 423 g/mol. The highest BCUT2D eigenvalue weighted by molar-refractivity contribution is 5.94. The molecule has 2 aromatic rings. The lowest BCUT2D eigenvalue weighted by molar-refractivity contribution is 0.0501. The van der Waals surface area contributed by atoms with E-state index in [0.717, 1.165) is 30.5 Å². The number of hydrogen-bond donors (Lipinski definition) is 2. The third kappa shape index (κ3) is 6.07. The minimum Gasteiger partial charge on any atom is -0.444 e. The number of alkyl carbamates (subject to hydrolysis) is 1. The van der Waals surface area contributed by atoms with Crippen LogP contribution in [0.2, 0.25) is 0 Å². The van der Waals surface area contributed by atoms with Gasteiger partial charge in [0.25, 0.3) is 5.91 Å². The van der Waals surface area contributed by atoms with E-state index in [1.54, 1.807) is 19.0 Å². The van der Waals surface area contributed by atoms with Crippen molar-refractivity contribution in [3.05, 3.63) is 70.8 Å². The topological polar surface area (TPSA) is 70.7 Å². The third-order valence-electron chi connectivity index (χ3n) is 5.29. The van der Waals surface area contributed by atoms with Crippen molar-refractivity contribution in [3.63, 3.8) is 0 Å². The van der Waals surface area contributed by atoms with E-state index < -0.39 is 11.7 Å². The van der Waals surface area contributed by atoms with Gasteiger partial charge in [-0.15, -0.1) is 0 Å². The molecular weight excluding hydrogens is 390 g/mol.